The smallest absolute Gasteiger partial charge is 0.309 e. The molecule has 0 fully saturated rings. The highest BCUT2D eigenvalue weighted by Gasteiger charge is 2.06. The van der Waals surface area contributed by atoms with E-state index >= 15 is 0 Å². The Morgan fingerprint density at radius 1 is 0.778 bits per heavy atom. The number of nitrogens with zero attached hydrogens (tertiary/aromatic N) is 1. The third-order valence-electron chi connectivity index (χ3n) is 2.74. The summed E-state index contributed by atoms with van der Waals surface area (Å²) in [6, 6.07) is 16.1. The topological polar surface area (TPSA) is 29.5 Å². The molecule has 0 aliphatic carbocycles. The van der Waals surface area contributed by atoms with Crippen molar-refractivity contribution in [2.75, 3.05) is 18.8 Å². The Bertz CT molecular complexity index is 676. The molecule has 18 heavy (non-hydrogen) atoms. The van der Waals surface area contributed by atoms with E-state index in [1.165, 1.54) is 0 Å². The van der Waals surface area contributed by atoms with Crippen LogP contribution in [-0.2, 0) is 0 Å². The number of rotatable bonds is 1. The first kappa shape index (κ1) is 11.4. The predicted octanol–water partition coefficient (Wildman–Crippen LogP) is 4.49. The fraction of sp³-hybridized carbons (Fsp3) is 0.143. The lowest BCUT2D eigenvalue weighted by atomic mass is 10.1. The van der Waals surface area contributed by atoms with E-state index in [1.54, 1.807) is 0 Å². The molecule has 0 saturated heterocycles. The largest absolute Gasteiger partial charge is 0.408 e. The minimum absolute atomic E-state index is 0.877. The standard InChI is InChI=1S/C14H14NO2P/c1-15(2)18-16-13-9-5-3-7-11(13)12-8-4-6-10-14(12)17-18/h3-10H,1-2H3. The summed E-state index contributed by atoms with van der Waals surface area (Å²) < 4.78 is 13.9. The Morgan fingerprint density at radius 3 is 1.67 bits per heavy atom. The van der Waals surface area contributed by atoms with E-state index < -0.39 is 8.16 Å². The molecule has 92 valence electrons. The van der Waals surface area contributed by atoms with Gasteiger partial charge in [0.05, 0.1) is 0 Å². The minimum Gasteiger partial charge on any atom is -0.408 e. The second kappa shape index (κ2) is 4.52. The van der Waals surface area contributed by atoms with Gasteiger partial charge in [0.1, 0.15) is 11.2 Å². The zero-order chi connectivity index (χ0) is 12.5. The van der Waals surface area contributed by atoms with Crippen molar-refractivity contribution in [3.05, 3.63) is 48.5 Å². The van der Waals surface area contributed by atoms with Gasteiger partial charge in [0.25, 0.3) is 0 Å². The summed E-state index contributed by atoms with van der Waals surface area (Å²) in [5.41, 5.74) is 1.75. The molecule has 2 aromatic carbocycles. The lowest BCUT2D eigenvalue weighted by Gasteiger charge is -2.03. The zero-order valence-electron chi connectivity index (χ0n) is 10.3. The van der Waals surface area contributed by atoms with Gasteiger partial charge in [0, 0.05) is 24.9 Å². The molecule has 3 nitrogen and oxygen atoms in total. The summed E-state index contributed by atoms with van der Waals surface area (Å²) >= 11 is 0. The molecule has 0 atom stereocenters. The van der Waals surface area contributed by atoms with Crippen LogP contribution in [0, 0.1) is 0 Å². The molecule has 0 aliphatic rings. The Kier molecular flexibility index (Phi) is 2.86. The average molecular weight is 259 g/mol. The highest BCUT2D eigenvalue weighted by Crippen LogP contribution is 2.34. The number of hydrogen-bond donors (Lipinski definition) is 0. The summed E-state index contributed by atoms with van der Waals surface area (Å²) in [5, 5.41) is 2.17. The number of fused-ring (bicyclic) bond motifs is 3. The fourth-order valence-corrected chi connectivity index (χ4v) is 2.91. The van der Waals surface area contributed by atoms with E-state index in [0.29, 0.717) is 0 Å². The first-order chi connectivity index (χ1) is 8.75. The summed E-state index contributed by atoms with van der Waals surface area (Å²) in [7, 11) is 2.82. The van der Waals surface area contributed by atoms with Crippen LogP contribution in [0.1, 0.15) is 0 Å². The van der Waals surface area contributed by atoms with Crippen molar-refractivity contribution in [1.29, 1.82) is 0 Å². The summed E-state index contributed by atoms with van der Waals surface area (Å²) in [4.78, 5) is 0. The molecule has 0 N–H and O–H groups in total. The maximum Gasteiger partial charge on any atom is 0.309 e. The van der Waals surface area contributed by atoms with Crippen LogP contribution in [0.15, 0.2) is 56.9 Å². The minimum atomic E-state index is -1.10. The van der Waals surface area contributed by atoms with Gasteiger partial charge in [-0.15, -0.1) is 0 Å². The monoisotopic (exact) mass is 259 g/mol. The maximum atomic E-state index is 5.97. The summed E-state index contributed by atoms with van der Waals surface area (Å²) in [6.45, 7) is 0. The van der Waals surface area contributed by atoms with Crippen LogP contribution in [0.4, 0.5) is 0 Å². The molecular formula is C14H14NO2P. The van der Waals surface area contributed by atoms with Crippen molar-refractivity contribution >= 4 is 30.1 Å². The molecule has 3 rings (SSSR count). The van der Waals surface area contributed by atoms with Crippen molar-refractivity contribution in [2.45, 2.75) is 0 Å². The molecular weight excluding hydrogens is 245 g/mol. The van der Waals surface area contributed by atoms with Gasteiger partial charge in [-0.1, -0.05) is 36.4 Å². The van der Waals surface area contributed by atoms with Crippen molar-refractivity contribution in [3.8, 4) is 0 Å². The Hall–Kier alpha value is -1.70. The van der Waals surface area contributed by atoms with Gasteiger partial charge in [-0.25, -0.2) is 4.67 Å². The third kappa shape index (κ3) is 1.92. The lowest BCUT2D eigenvalue weighted by Crippen LogP contribution is -2.02. The van der Waals surface area contributed by atoms with Crippen LogP contribution >= 0.6 is 8.16 Å². The maximum absolute atomic E-state index is 5.97. The average Bonchev–Trinajstić information content (AvgIpc) is 2.55. The Labute approximate surface area is 106 Å². The molecule has 0 bridgehead atoms. The van der Waals surface area contributed by atoms with Gasteiger partial charge in [0.15, 0.2) is 0 Å². The molecule has 3 aromatic rings. The van der Waals surface area contributed by atoms with Crippen LogP contribution in [0.3, 0.4) is 0 Å². The van der Waals surface area contributed by atoms with Gasteiger partial charge in [0.2, 0.25) is 0 Å². The Balaban J connectivity index is 2.56. The molecule has 0 spiro atoms. The molecule has 0 amide bonds. The SMILES string of the molecule is CN(C)p1oc2ccccc2c2ccccc2o1. The van der Waals surface area contributed by atoms with Crippen LogP contribution in [0.25, 0.3) is 21.9 Å². The zero-order valence-corrected chi connectivity index (χ0v) is 11.2. The number of benzene rings is 2. The van der Waals surface area contributed by atoms with Gasteiger partial charge < -0.3 is 8.39 Å². The number of para-hydroxylation sites is 2. The highest BCUT2D eigenvalue weighted by atomic mass is 31.1. The van der Waals surface area contributed by atoms with E-state index in [-0.39, 0.29) is 0 Å². The van der Waals surface area contributed by atoms with Gasteiger partial charge in [-0.3, -0.25) is 0 Å². The number of hydrogen-bond acceptors (Lipinski definition) is 3. The van der Waals surface area contributed by atoms with E-state index in [4.69, 9.17) is 8.39 Å². The van der Waals surface area contributed by atoms with Crippen molar-refractivity contribution in [3.63, 3.8) is 0 Å². The van der Waals surface area contributed by atoms with Crippen molar-refractivity contribution < 1.29 is 8.39 Å². The second-order valence-corrected chi connectivity index (χ2v) is 5.90. The highest BCUT2D eigenvalue weighted by molar-refractivity contribution is 7.38. The van der Waals surface area contributed by atoms with Gasteiger partial charge >= 0.3 is 8.16 Å². The van der Waals surface area contributed by atoms with E-state index in [2.05, 4.69) is 12.1 Å². The molecule has 0 saturated carbocycles. The van der Waals surface area contributed by atoms with Gasteiger partial charge in [-0.05, 0) is 12.1 Å². The predicted molar refractivity (Wildman–Crippen MR) is 76.4 cm³/mol. The molecule has 0 unspecified atom stereocenters. The normalized spacial score (nSPS) is 11.3. The van der Waals surface area contributed by atoms with Crippen molar-refractivity contribution in [1.82, 2.24) is 0 Å². The lowest BCUT2D eigenvalue weighted by molar-refractivity contribution is 0.634. The molecule has 4 heteroatoms. The van der Waals surface area contributed by atoms with Crippen LogP contribution in [0.5, 0.6) is 0 Å². The quantitative estimate of drug-likeness (QED) is 0.645. The van der Waals surface area contributed by atoms with Gasteiger partial charge in [-0.2, -0.15) is 0 Å². The van der Waals surface area contributed by atoms with E-state index in [9.17, 15) is 0 Å². The van der Waals surface area contributed by atoms with E-state index in [1.807, 2.05) is 55.2 Å². The van der Waals surface area contributed by atoms with E-state index in [0.717, 1.165) is 21.9 Å². The summed E-state index contributed by atoms with van der Waals surface area (Å²) in [6.07, 6.45) is 0. The first-order valence-corrected chi connectivity index (χ1v) is 6.90. The molecule has 0 aliphatic heterocycles. The molecule has 1 aromatic heterocycles. The fourth-order valence-electron chi connectivity index (χ4n) is 1.89. The Morgan fingerprint density at radius 2 is 1.22 bits per heavy atom. The summed E-state index contributed by atoms with van der Waals surface area (Å²) in [5.74, 6) is 0. The second-order valence-electron chi connectivity index (χ2n) is 4.26. The van der Waals surface area contributed by atoms with Crippen LogP contribution in [0.2, 0.25) is 0 Å². The first-order valence-electron chi connectivity index (χ1n) is 5.77. The van der Waals surface area contributed by atoms with Crippen LogP contribution in [-0.4, -0.2) is 14.1 Å². The molecule has 1 heterocycles. The third-order valence-corrected chi connectivity index (χ3v) is 4.10. The van der Waals surface area contributed by atoms with Crippen molar-refractivity contribution in [2.24, 2.45) is 0 Å². The van der Waals surface area contributed by atoms with Crippen LogP contribution < -0.4 is 4.67 Å². The molecule has 0 radical (unpaired) electrons.